The molecule has 3 heterocycles. The van der Waals surface area contributed by atoms with Crippen LogP contribution in [0.2, 0.25) is 10.0 Å². The quantitative estimate of drug-likeness (QED) is 0.326. The highest BCUT2D eigenvalue weighted by molar-refractivity contribution is 6.44. The number of furan rings is 1. The third-order valence-corrected chi connectivity index (χ3v) is 7.37. The molecule has 3 amide bonds. The van der Waals surface area contributed by atoms with Crippen molar-refractivity contribution >= 4 is 46.5 Å². The molecule has 1 unspecified atom stereocenters. The summed E-state index contributed by atoms with van der Waals surface area (Å²) in [7, 11) is 0. The van der Waals surface area contributed by atoms with E-state index in [4.69, 9.17) is 27.6 Å². The van der Waals surface area contributed by atoms with E-state index in [0.717, 1.165) is 29.9 Å². The first-order valence-corrected chi connectivity index (χ1v) is 12.4. The molecule has 1 atom stereocenters. The molecule has 2 aromatic carbocycles. The lowest BCUT2D eigenvalue weighted by molar-refractivity contribution is -0.119. The van der Waals surface area contributed by atoms with Crippen molar-refractivity contribution in [3.63, 3.8) is 0 Å². The van der Waals surface area contributed by atoms with E-state index >= 15 is 0 Å². The minimum Gasteiger partial charge on any atom is -0.467 e. The molecule has 1 aliphatic carbocycles. The summed E-state index contributed by atoms with van der Waals surface area (Å²) in [5.74, 6) is 0.432. The second kappa shape index (κ2) is 9.08. The molecule has 1 saturated carbocycles. The number of nitrogens with one attached hydrogen (secondary N) is 1. The van der Waals surface area contributed by atoms with Gasteiger partial charge in [0.1, 0.15) is 18.3 Å². The van der Waals surface area contributed by atoms with Crippen LogP contribution in [0.25, 0.3) is 5.69 Å². The van der Waals surface area contributed by atoms with Gasteiger partial charge < -0.3 is 19.2 Å². The van der Waals surface area contributed by atoms with Crippen molar-refractivity contribution < 1.29 is 14.0 Å². The average Bonchev–Trinajstić information content (AvgIpc) is 3.35. The van der Waals surface area contributed by atoms with Crippen molar-refractivity contribution in [3.05, 3.63) is 101 Å². The van der Waals surface area contributed by atoms with Gasteiger partial charge >= 0.3 is 6.03 Å². The Morgan fingerprint density at radius 2 is 1.78 bits per heavy atom. The van der Waals surface area contributed by atoms with Crippen molar-refractivity contribution in [3.8, 4) is 5.69 Å². The van der Waals surface area contributed by atoms with Crippen LogP contribution >= 0.6 is 23.2 Å². The lowest BCUT2D eigenvalue weighted by atomic mass is 10.0. The first-order valence-electron chi connectivity index (χ1n) is 11.7. The zero-order chi connectivity index (χ0) is 24.8. The van der Waals surface area contributed by atoms with Crippen LogP contribution in [0.1, 0.15) is 30.3 Å². The molecule has 4 aromatic rings. The van der Waals surface area contributed by atoms with Gasteiger partial charge in [0.15, 0.2) is 0 Å². The fraction of sp³-hybridized carbons (Fsp3) is 0.185. The summed E-state index contributed by atoms with van der Waals surface area (Å²) in [5, 5.41) is 3.43. The molecule has 2 aliphatic rings. The fourth-order valence-corrected chi connectivity index (χ4v) is 5.09. The van der Waals surface area contributed by atoms with Gasteiger partial charge in [0.25, 0.3) is 0 Å². The molecular weight excluding hydrogens is 499 g/mol. The number of urea groups is 1. The maximum Gasteiger partial charge on any atom is 0.322 e. The Balaban J connectivity index is 1.34. The molecule has 6 rings (SSSR count). The van der Waals surface area contributed by atoms with Crippen molar-refractivity contribution in [2.75, 3.05) is 16.8 Å². The van der Waals surface area contributed by atoms with Crippen LogP contribution in [0.15, 0.2) is 83.6 Å². The molecule has 1 aliphatic heterocycles. The highest BCUT2D eigenvalue weighted by atomic mass is 35.5. The van der Waals surface area contributed by atoms with Crippen molar-refractivity contribution in [1.29, 1.82) is 0 Å². The predicted molar refractivity (Wildman–Crippen MR) is 139 cm³/mol. The first-order chi connectivity index (χ1) is 17.5. The molecule has 7 nitrogen and oxygen atoms in total. The summed E-state index contributed by atoms with van der Waals surface area (Å²) in [6, 6.07) is 19.5. The highest BCUT2D eigenvalue weighted by Gasteiger charge is 2.41. The van der Waals surface area contributed by atoms with E-state index in [0.29, 0.717) is 16.5 Å². The number of para-hydroxylation sites is 2. The lowest BCUT2D eigenvalue weighted by Gasteiger charge is -2.38. The normalized spacial score (nSPS) is 16.3. The number of fused-ring (bicyclic) bond motifs is 3. The molecule has 0 spiro atoms. The van der Waals surface area contributed by atoms with E-state index < -0.39 is 12.1 Å². The van der Waals surface area contributed by atoms with Crippen molar-refractivity contribution in [2.45, 2.75) is 24.9 Å². The minimum absolute atomic E-state index is 0.0159. The van der Waals surface area contributed by atoms with Gasteiger partial charge in [-0.3, -0.25) is 9.69 Å². The molecule has 182 valence electrons. The summed E-state index contributed by atoms with van der Waals surface area (Å²) < 4.78 is 7.85. The summed E-state index contributed by atoms with van der Waals surface area (Å²) in [6.45, 7) is -0.0963. The number of anilines is 2. The van der Waals surface area contributed by atoms with E-state index in [9.17, 15) is 9.59 Å². The lowest BCUT2D eigenvalue weighted by Crippen LogP contribution is -2.48. The van der Waals surface area contributed by atoms with Crippen LogP contribution in [0.3, 0.4) is 0 Å². The number of carbonyl (C=O) groups excluding carboxylic acids is 2. The third kappa shape index (κ3) is 3.94. The molecule has 1 N–H and O–H groups in total. The zero-order valence-electron chi connectivity index (χ0n) is 19.1. The van der Waals surface area contributed by atoms with Gasteiger partial charge in [0.2, 0.25) is 5.91 Å². The fourth-order valence-electron chi connectivity index (χ4n) is 4.74. The Bertz CT molecular complexity index is 1440. The van der Waals surface area contributed by atoms with Crippen molar-refractivity contribution in [1.82, 2.24) is 9.47 Å². The Labute approximate surface area is 217 Å². The number of amides is 3. The summed E-state index contributed by atoms with van der Waals surface area (Å²) in [6.07, 6.45) is 5.26. The summed E-state index contributed by atoms with van der Waals surface area (Å²) >= 11 is 12.4. The number of benzene rings is 2. The monoisotopic (exact) mass is 520 g/mol. The van der Waals surface area contributed by atoms with E-state index in [1.165, 1.54) is 0 Å². The number of carbonyl (C=O) groups is 2. The molecule has 1 fully saturated rings. The number of aromatic nitrogens is 1. The van der Waals surface area contributed by atoms with Gasteiger partial charge in [-0.1, -0.05) is 41.4 Å². The second-order valence-electron chi connectivity index (χ2n) is 8.86. The van der Waals surface area contributed by atoms with Gasteiger partial charge in [-0.25, -0.2) is 4.79 Å². The van der Waals surface area contributed by atoms with Gasteiger partial charge in [0.05, 0.1) is 39.1 Å². The minimum atomic E-state index is -0.469. The molecule has 0 saturated heterocycles. The van der Waals surface area contributed by atoms with E-state index in [-0.39, 0.29) is 23.5 Å². The van der Waals surface area contributed by atoms with E-state index in [2.05, 4.69) is 9.88 Å². The highest BCUT2D eigenvalue weighted by Crippen LogP contribution is 2.42. The Morgan fingerprint density at radius 3 is 2.53 bits per heavy atom. The van der Waals surface area contributed by atoms with Crippen LogP contribution in [0.5, 0.6) is 0 Å². The topological polar surface area (TPSA) is 70.7 Å². The molecule has 0 bridgehead atoms. The smallest absolute Gasteiger partial charge is 0.322 e. The second-order valence-corrected chi connectivity index (χ2v) is 9.65. The van der Waals surface area contributed by atoms with E-state index in [1.54, 1.807) is 34.3 Å². The summed E-state index contributed by atoms with van der Waals surface area (Å²) in [5.41, 5.74) is 2.95. The van der Waals surface area contributed by atoms with Crippen LogP contribution in [0, 0.1) is 0 Å². The number of nitrogens with zero attached hydrogens (tertiary/aromatic N) is 3. The zero-order valence-corrected chi connectivity index (χ0v) is 20.6. The van der Waals surface area contributed by atoms with Crippen LogP contribution in [-0.2, 0) is 4.79 Å². The number of hydrogen-bond acceptors (Lipinski definition) is 3. The maximum absolute atomic E-state index is 14.0. The SMILES string of the molecule is O=C(Nc1cccc(Cl)c1Cl)N(CC(=O)N1c2ccccc2-n2cccc2C1c1ccco1)C1CC1. The molecule has 36 heavy (non-hydrogen) atoms. The number of halogens is 2. The standard InChI is InChI=1S/C27H22Cl2N4O3/c28-18-6-3-7-19(25(18)29)30-27(35)32(17-12-13-17)16-24(34)33-21-9-2-1-8-20(21)31-14-4-10-22(31)26(33)23-11-5-15-36-23/h1-11,14-15,17,26H,12-13,16H2,(H,30,35). The Hall–Kier alpha value is -3.68. The van der Waals surface area contributed by atoms with Gasteiger partial charge in [0, 0.05) is 12.2 Å². The van der Waals surface area contributed by atoms with Gasteiger partial charge in [-0.05, 0) is 61.4 Å². The summed E-state index contributed by atoms with van der Waals surface area (Å²) in [4.78, 5) is 30.6. The van der Waals surface area contributed by atoms with Crippen molar-refractivity contribution in [2.24, 2.45) is 0 Å². The van der Waals surface area contributed by atoms with Crippen LogP contribution < -0.4 is 10.2 Å². The number of rotatable bonds is 5. The van der Waals surface area contributed by atoms with Gasteiger partial charge in [-0.15, -0.1) is 0 Å². The van der Waals surface area contributed by atoms with Crippen LogP contribution in [-0.4, -0.2) is 34.0 Å². The molecule has 2 aromatic heterocycles. The Kier molecular flexibility index (Phi) is 5.74. The third-order valence-electron chi connectivity index (χ3n) is 6.55. The largest absolute Gasteiger partial charge is 0.467 e. The maximum atomic E-state index is 14.0. The van der Waals surface area contributed by atoms with E-state index in [1.807, 2.05) is 54.7 Å². The number of hydrogen-bond donors (Lipinski definition) is 1. The van der Waals surface area contributed by atoms with Gasteiger partial charge in [-0.2, -0.15) is 0 Å². The van der Waals surface area contributed by atoms with Crippen LogP contribution in [0.4, 0.5) is 16.2 Å². The average molecular weight is 521 g/mol. The Morgan fingerprint density at radius 1 is 0.972 bits per heavy atom. The molecule has 9 heteroatoms. The predicted octanol–water partition coefficient (Wildman–Crippen LogP) is 6.51. The molecule has 0 radical (unpaired) electrons. The first kappa shape index (κ1) is 22.8. The molecular formula is C27H22Cl2N4O3.